The van der Waals surface area contributed by atoms with Crippen LogP contribution in [0.1, 0.15) is 322 Å². The van der Waals surface area contributed by atoms with Crippen LogP contribution in [0.2, 0.25) is 0 Å². The molecule has 4 nitrogen and oxygen atoms in total. The van der Waals surface area contributed by atoms with Crippen molar-refractivity contribution in [3.63, 3.8) is 0 Å². The molecule has 58 heavy (non-hydrogen) atoms. The van der Waals surface area contributed by atoms with Crippen LogP contribution in [0, 0.1) is 0 Å². The van der Waals surface area contributed by atoms with Crippen molar-refractivity contribution in [2.45, 2.75) is 322 Å². The summed E-state index contributed by atoms with van der Waals surface area (Å²) in [6.45, 7) is 6.58. The van der Waals surface area contributed by atoms with Gasteiger partial charge in [0, 0.05) is 25.9 Å². The molecule has 0 aromatic rings. The monoisotopic (exact) mass is 818 g/mol. The lowest BCUT2D eigenvalue weighted by Crippen LogP contribution is -2.32. The van der Waals surface area contributed by atoms with Gasteiger partial charge in [-0.2, -0.15) is 0 Å². The van der Waals surface area contributed by atoms with Crippen LogP contribution in [0.3, 0.4) is 0 Å². The molecule has 0 aliphatic rings. The minimum Gasteiger partial charge on any atom is -0.481 e. The maximum Gasteiger partial charge on any atom is 0.303 e. The van der Waals surface area contributed by atoms with Crippen molar-refractivity contribution in [3.8, 4) is 0 Å². The molecule has 0 fully saturated rings. The lowest BCUT2D eigenvalue weighted by atomic mass is 10.0. The second-order valence-electron chi connectivity index (χ2n) is 18.8. The fourth-order valence-electron chi connectivity index (χ4n) is 8.89. The zero-order chi connectivity index (χ0) is 42.1. The van der Waals surface area contributed by atoms with Crippen molar-refractivity contribution >= 4 is 11.9 Å². The van der Waals surface area contributed by atoms with Crippen molar-refractivity contribution in [1.29, 1.82) is 0 Å². The van der Waals surface area contributed by atoms with Crippen molar-refractivity contribution in [2.75, 3.05) is 13.1 Å². The molecule has 0 spiro atoms. The Hall–Kier alpha value is -1.06. The van der Waals surface area contributed by atoms with Crippen molar-refractivity contribution < 1.29 is 14.7 Å². The van der Waals surface area contributed by atoms with Gasteiger partial charge in [0.2, 0.25) is 5.91 Å². The maximum atomic E-state index is 13.4. The molecule has 0 radical (unpaired) electrons. The summed E-state index contributed by atoms with van der Waals surface area (Å²) in [6.07, 6.45) is 63.0. The standard InChI is InChI=1S/C54H107NO3/c1-3-5-7-9-11-13-15-17-19-23-27-31-35-39-43-47-51-55(52-48-44-40-36-32-28-24-20-18-16-14-12-10-8-6-4-2)53(56)49-45-41-37-33-29-25-21-22-26-30-34-38-42-46-50-54(57)58/h3-52H2,1-2H3,(H,57,58). The Morgan fingerprint density at radius 2 is 0.466 bits per heavy atom. The number of unbranched alkanes of at least 4 members (excludes halogenated alkanes) is 43. The third-order valence-corrected chi connectivity index (χ3v) is 12.9. The van der Waals surface area contributed by atoms with Crippen LogP contribution in [0.25, 0.3) is 0 Å². The summed E-state index contributed by atoms with van der Waals surface area (Å²) in [6, 6.07) is 0. The number of nitrogens with zero attached hydrogens (tertiary/aromatic N) is 1. The minimum atomic E-state index is -0.660. The molecular formula is C54H107NO3. The van der Waals surface area contributed by atoms with Crippen LogP contribution >= 0.6 is 0 Å². The molecule has 0 aliphatic heterocycles. The second-order valence-corrected chi connectivity index (χ2v) is 18.8. The Balaban J connectivity index is 4.08. The summed E-state index contributed by atoms with van der Waals surface area (Å²) in [5.41, 5.74) is 0. The van der Waals surface area contributed by atoms with Crippen LogP contribution in [-0.4, -0.2) is 35.0 Å². The number of carbonyl (C=O) groups is 2. The third kappa shape index (κ3) is 47.6. The normalized spacial score (nSPS) is 11.5. The molecule has 0 saturated heterocycles. The highest BCUT2D eigenvalue weighted by atomic mass is 16.4. The predicted molar refractivity (Wildman–Crippen MR) is 257 cm³/mol. The van der Waals surface area contributed by atoms with Gasteiger partial charge >= 0.3 is 5.97 Å². The van der Waals surface area contributed by atoms with Gasteiger partial charge in [0.1, 0.15) is 0 Å². The first-order valence-electron chi connectivity index (χ1n) is 27.1. The average molecular weight is 818 g/mol. The fraction of sp³-hybridized carbons (Fsp3) is 0.963. The molecule has 0 rings (SSSR count). The molecule has 4 heteroatoms. The highest BCUT2D eigenvalue weighted by Crippen LogP contribution is 2.18. The number of hydrogen-bond donors (Lipinski definition) is 1. The predicted octanol–water partition coefficient (Wildman–Crippen LogP) is 18.7. The Morgan fingerprint density at radius 1 is 0.276 bits per heavy atom. The molecule has 0 heterocycles. The summed E-state index contributed by atoms with van der Waals surface area (Å²) >= 11 is 0. The van der Waals surface area contributed by atoms with Crippen molar-refractivity contribution in [1.82, 2.24) is 4.90 Å². The van der Waals surface area contributed by atoms with Gasteiger partial charge in [-0.1, -0.05) is 284 Å². The summed E-state index contributed by atoms with van der Waals surface area (Å²) in [5.74, 6) is -0.226. The topological polar surface area (TPSA) is 57.6 Å². The van der Waals surface area contributed by atoms with Crippen LogP contribution in [-0.2, 0) is 9.59 Å². The molecule has 0 atom stereocenters. The first-order chi connectivity index (χ1) is 28.6. The Kier molecular flexibility index (Phi) is 49.4. The molecule has 0 saturated carbocycles. The molecule has 346 valence electrons. The Labute approximate surface area is 365 Å². The van der Waals surface area contributed by atoms with Crippen LogP contribution in [0.4, 0.5) is 0 Å². The SMILES string of the molecule is CCCCCCCCCCCCCCCCCCN(CCCCCCCCCCCCCCCCCC)C(=O)CCCCCCCCCCCCCCCCC(=O)O. The molecule has 0 bridgehead atoms. The molecule has 0 unspecified atom stereocenters. The molecule has 1 N–H and O–H groups in total. The summed E-state index contributed by atoms with van der Waals surface area (Å²) in [5, 5.41) is 8.73. The zero-order valence-corrected chi connectivity index (χ0v) is 40.1. The summed E-state index contributed by atoms with van der Waals surface area (Å²) < 4.78 is 0. The maximum absolute atomic E-state index is 13.4. The van der Waals surface area contributed by atoms with Crippen LogP contribution < -0.4 is 0 Å². The number of aliphatic carboxylic acids is 1. The van der Waals surface area contributed by atoms with E-state index in [0.717, 1.165) is 38.8 Å². The quantitative estimate of drug-likeness (QED) is 0.0622. The van der Waals surface area contributed by atoms with Gasteiger partial charge in [0.05, 0.1) is 0 Å². The summed E-state index contributed by atoms with van der Waals surface area (Å²) in [4.78, 5) is 26.3. The van der Waals surface area contributed by atoms with E-state index in [-0.39, 0.29) is 0 Å². The van der Waals surface area contributed by atoms with E-state index in [1.807, 2.05) is 0 Å². The van der Waals surface area contributed by atoms with Crippen molar-refractivity contribution in [2.24, 2.45) is 0 Å². The fourth-order valence-corrected chi connectivity index (χ4v) is 8.89. The molecule has 0 aromatic carbocycles. The Bertz CT molecular complexity index is 763. The molecule has 1 amide bonds. The van der Waals surface area contributed by atoms with E-state index >= 15 is 0 Å². The number of hydrogen-bond acceptors (Lipinski definition) is 2. The van der Waals surface area contributed by atoms with Crippen LogP contribution in [0.15, 0.2) is 0 Å². The number of carbonyl (C=O) groups excluding carboxylic acids is 1. The first-order valence-corrected chi connectivity index (χ1v) is 27.1. The molecule has 0 aromatic heterocycles. The highest BCUT2D eigenvalue weighted by molar-refractivity contribution is 5.76. The highest BCUT2D eigenvalue weighted by Gasteiger charge is 2.13. The molecular weight excluding hydrogens is 711 g/mol. The van der Waals surface area contributed by atoms with E-state index in [2.05, 4.69) is 18.7 Å². The lowest BCUT2D eigenvalue weighted by Gasteiger charge is -2.23. The van der Waals surface area contributed by atoms with Gasteiger partial charge in [-0.25, -0.2) is 0 Å². The first kappa shape index (κ1) is 56.9. The van der Waals surface area contributed by atoms with E-state index in [0.29, 0.717) is 12.3 Å². The zero-order valence-electron chi connectivity index (χ0n) is 40.1. The summed E-state index contributed by atoms with van der Waals surface area (Å²) in [7, 11) is 0. The number of carboxylic acid groups (broad SMARTS) is 1. The van der Waals surface area contributed by atoms with Crippen molar-refractivity contribution in [3.05, 3.63) is 0 Å². The number of rotatable bonds is 51. The number of amides is 1. The smallest absolute Gasteiger partial charge is 0.303 e. The number of carboxylic acids is 1. The van der Waals surface area contributed by atoms with E-state index in [4.69, 9.17) is 5.11 Å². The largest absolute Gasteiger partial charge is 0.481 e. The van der Waals surface area contributed by atoms with Gasteiger partial charge < -0.3 is 10.0 Å². The third-order valence-electron chi connectivity index (χ3n) is 12.9. The lowest BCUT2D eigenvalue weighted by molar-refractivity contribution is -0.137. The minimum absolute atomic E-state index is 0.327. The van der Waals surface area contributed by atoms with Gasteiger partial charge in [-0.3, -0.25) is 9.59 Å². The average Bonchev–Trinajstić information content (AvgIpc) is 3.22. The second kappa shape index (κ2) is 50.3. The van der Waals surface area contributed by atoms with Gasteiger partial charge in [-0.05, 0) is 25.7 Å². The van der Waals surface area contributed by atoms with E-state index in [1.54, 1.807) is 0 Å². The van der Waals surface area contributed by atoms with Gasteiger partial charge in [0.15, 0.2) is 0 Å². The van der Waals surface area contributed by atoms with Crippen LogP contribution in [0.5, 0.6) is 0 Å². The van der Waals surface area contributed by atoms with E-state index in [1.165, 1.54) is 276 Å². The van der Waals surface area contributed by atoms with E-state index in [9.17, 15) is 9.59 Å². The van der Waals surface area contributed by atoms with E-state index < -0.39 is 5.97 Å². The molecule has 0 aliphatic carbocycles. The Morgan fingerprint density at radius 3 is 0.690 bits per heavy atom. The van der Waals surface area contributed by atoms with Gasteiger partial charge in [-0.15, -0.1) is 0 Å². The van der Waals surface area contributed by atoms with Gasteiger partial charge in [0.25, 0.3) is 0 Å².